The second-order valence-electron chi connectivity index (χ2n) is 10.3. The Bertz CT molecular complexity index is 1630. The molecule has 0 aliphatic carbocycles. The van der Waals surface area contributed by atoms with Crippen LogP contribution < -0.4 is 10.2 Å². The molecule has 226 valence electrons. The Balaban J connectivity index is 1.14. The number of alkyl halides is 3. The maximum absolute atomic E-state index is 13.4. The van der Waals surface area contributed by atoms with Crippen molar-refractivity contribution in [2.75, 3.05) is 26.2 Å². The van der Waals surface area contributed by atoms with Crippen LogP contribution in [0.3, 0.4) is 0 Å². The summed E-state index contributed by atoms with van der Waals surface area (Å²) < 4.78 is 68.8. The molecule has 0 radical (unpaired) electrons. The summed E-state index contributed by atoms with van der Waals surface area (Å²) in [6.07, 6.45) is -2.48. The van der Waals surface area contributed by atoms with Crippen molar-refractivity contribution >= 4 is 5.91 Å². The molecule has 0 spiro atoms. The van der Waals surface area contributed by atoms with E-state index in [0.29, 0.717) is 67.5 Å². The van der Waals surface area contributed by atoms with Gasteiger partial charge in [-0.3, -0.25) is 14.5 Å². The average Bonchev–Trinajstić information content (AvgIpc) is 3.17. The third-order valence-corrected chi connectivity index (χ3v) is 7.13. The Labute approximate surface area is 244 Å². The molecule has 8 nitrogen and oxygen atoms in total. The summed E-state index contributed by atoms with van der Waals surface area (Å²) in [6.45, 7) is 4.31. The van der Waals surface area contributed by atoms with Gasteiger partial charge in [-0.2, -0.15) is 13.2 Å². The highest BCUT2D eigenvalue weighted by molar-refractivity contribution is 5.78. The fraction of sp³-hybridized carbons (Fsp3) is 0.323. The fourth-order valence-corrected chi connectivity index (χ4v) is 4.79. The van der Waals surface area contributed by atoms with E-state index in [1.165, 1.54) is 36.6 Å². The molecule has 0 saturated carbocycles. The number of hydrogen-bond donors (Lipinski definition) is 0. The lowest BCUT2D eigenvalue weighted by atomic mass is 10.1. The molecule has 43 heavy (non-hydrogen) atoms. The smallest absolute Gasteiger partial charge is 0.416 e. The van der Waals surface area contributed by atoms with E-state index in [1.54, 1.807) is 24.0 Å². The van der Waals surface area contributed by atoms with Crippen molar-refractivity contribution in [1.82, 2.24) is 14.8 Å². The largest absolute Gasteiger partial charge is 0.482 e. The van der Waals surface area contributed by atoms with Crippen LogP contribution in [0.5, 0.6) is 5.75 Å². The van der Waals surface area contributed by atoms with Crippen LogP contribution in [0.2, 0.25) is 0 Å². The molecule has 1 aliphatic rings. The Morgan fingerprint density at radius 3 is 2.56 bits per heavy atom. The number of carbonyl (C=O) groups is 1. The molecule has 4 aromatic rings. The number of amides is 1. The van der Waals surface area contributed by atoms with E-state index in [2.05, 4.69) is 9.88 Å². The highest BCUT2D eigenvalue weighted by Crippen LogP contribution is 2.31. The van der Waals surface area contributed by atoms with Crippen LogP contribution in [0.25, 0.3) is 11.5 Å². The van der Waals surface area contributed by atoms with E-state index in [9.17, 15) is 27.2 Å². The van der Waals surface area contributed by atoms with Crippen molar-refractivity contribution in [3.8, 4) is 17.2 Å². The second-order valence-corrected chi connectivity index (χ2v) is 10.3. The Hall–Kier alpha value is -4.45. The molecular formula is C31H29F4N3O5. The van der Waals surface area contributed by atoms with Crippen LogP contribution in [0.15, 0.2) is 74.5 Å². The van der Waals surface area contributed by atoms with Gasteiger partial charge >= 0.3 is 6.18 Å². The first-order valence-corrected chi connectivity index (χ1v) is 13.7. The van der Waals surface area contributed by atoms with E-state index in [4.69, 9.17) is 13.6 Å². The molecular weight excluding hydrogens is 570 g/mol. The van der Waals surface area contributed by atoms with Crippen molar-refractivity contribution in [2.24, 2.45) is 0 Å². The molecule has 12 heteroatoms. The van der Waals surface area contributed by atoms with Gasteiger partial charge < -0.3 is 18.5 Å². The van der Waals surface area contributed by atoms with Gasteiger partial charge in [-0.05, 0) is 55.3 Å². The highest BCUT2D eigenvalue weighted by atomic mass is 19.4. The van der Waals surface area contributed by atoms with Gasteiger partial charge in [0.2, 0.25) is 23.0 Å². The molecule has 0 bridgehead atoms. The fourth-order valence-electron chi connectivity index (χ4n) is 4.79. The van der Waals surface area contributed by atoms with Gasteiger partial charge in [0.05, 0.1) is 24.2 Å². The van der Waals surface area contributed by atoms with Gasteiger partial charge in [-0.25, -0.2) is 9.37 Å². The molecule has 3 heterocycles. The van der Waals surface area contributed by atoms with Gasteiger partial charge in [0, 0.05) is 37.8 Å². The number of nitrogens with zero attached hydrogens (tertiary/aromatic N) is 3. The van der Waals surface area contributed by atoms with Crippen molar-refractivity contribution in [2.45, 2.75) is 39.1 Å². The Kier molecular flexibility index (Phi) is 8.95. The maximum atomic E-state index is 13.4. The predicted molar refractivity (Wildman–Crippen MR) is 148 cm³/mol. The van der Waals surface area contributed by atoms with Crippen LogP contribution in [0.1, 0.15) is 34.8 Å². The minimum absolute atomic E-state index is 0.00191. The summed E-state index contributed by atoms with van der Waals surface area (Å²) in [7, 11) is 0. The SMILES string of the molecule is Cc1oc(-c2ccc(C(F)(F)F)cc2)nc1CC(=O)N1CCCN(Cc2cc(=O)c(OCc3cccc(F)c3)co2)CC1. The van der Waals surface area contributed by atoms with Crippen molar-refractivity contribution < 1.29 is 35.9 Å². The highest BCUT2D eigenvalue weighted by Gasteiger charge is 2.30. The first kappa shape index (κ1) is 30.0. The lowest BCUT2D eigenvalue weighted by Crippen LogP contribution is -2.36. The van der Waals surface area contributed by atoms with Gasteiger partial charge in [-0.15, -0.1) is 0 Å². The number of halogens is 4. The molecule has 2 aromatic carbocycles. The number of aromatic nitrogens is 1. The summed E-state index contributed by atoms with van der Waals surface area (Å²) in [5, 5.41) is 0. The predicted octanol–water partition coefficient (Wildman–Crippen LogP) is 5.62. The molecule has 0 N–H and O–H groups in total. The summed E-state index contributed by atoms with van der Waals surface area (Å²) in [4.78, 5) is 33.9. The zero-order chi connectivity index (χ0) is 30.6. The maximum Gasteiger partial charge on any atom is 0.416 e. The van der Waals surface area contributed by atoms with Crippen LogP contribution in [0, 0.1) is 12.7 Å². The van der Waals surface area contributed by atoms with E-state index in [-0.39, 0.29) is 41.8 Å². The van der Waals surface area contributed by atoms with Gasteiger partial charge in [0.15, 0.2) is 0 Å². The van der Waals surface area contributed by atoms with E-state index >= 15 is 0 Å². The number of carbonyl (C=O) groups excluding carboxylic acids is 1. The third-order valence-electron chi connectivity index (χ3n) is 7.13. The molecule has 1 aliphatic heterocycles. The summed E-state index contributed by atoms with van der Waals surface area (Å²) in [5.41, 5.74) is 0.296. The zero-order valence-electron chi connectivity index (χ0n) is 23.3. The zero-order valence-corrected chi connectivity index (χ0v) is 23.3. The summed E-state index contributed by atoms with van der Waals surface area (Å²) in [5.74, 6) is 0.548. The van der Waals surface area contributed by atoms with Crippen LogP contribution in [0.4, 0.5) is 17.6 Å². The number of hydrogen-bond acceptors (Lipinski definition) is 7. The number of ether oxygens (including phenoxy) is 1. The van der Waals surface area contributed by atoms with Crippen LogP contribution in [-0.2, 0) is 30.5 Å². The molecule has 1 saturated heterocycles. The second kappa shape index (κ2) is 12.8. The molecule has 0 atom stereocenters. The van der Waals surface area contributed by atoms with Gasteiger partial charge in [-0.1, -0.05) is 12.1 Å². The molecule has 5 rings (SSSR count). The number of benzene rings is 2. The Morgan fingerprint density at radius 1 is 1.05 bits per heavy atom. The number of aryl methyl sites for hydroxylation is 1. The van der Waals surface area contributed by atoms with Crippen molar-refractivity contribution in [3.05, 3.63) is 105 Å². The summed E-state index contributed by atoms with van der Waals surface area (Å²) in [6, 6.07) is 11.8. The van der Waals surface area contributed by atoms with Crippen LogP contribution in [-0.4, -0.2) is 46.9 Å². The first-order valence-electron chi connectivity index (χ1n) is 13.7. The summed E-state index contributed by atoms with van der Waals surface area (Å²) >= 11 is 0. The van der Waals surface area contributed by atoms with Gasteiger partial charge in [0.1, 0.15) is 30.2 Å². The lowest BCUT2D eigenvalue weighted by molar-refractivity contribution is -0.137. The van der Waals surface area contributed by atoms with Gasteiger partial charge in [0.25, 0.3) is 0 Å². The first-order chi connectivity index (χ1) is 20.5. The normalized spacial score (nSPS) is 14.5. The van der Waals surface area contributed by atoms with Crippen LogP contribution >= 0.6 is 0 Å². The Morgan fingerprint density at radius 2 is 1.84 bits per heavy atom. The third kappa shape index (κ3) is 7.69. The topological polar surface area (TPSA) is 89.0 Å². The monoisotopic (exact) mass is 599 g/mol. The molecule has 2 aromatic heterocycles. The number of rotatable bonds is 8. The van der Waals surface area contributed by atoms with E-state index in [1.807, 2.05) is 0 Å². The minimum atomic E-state index is -4.44. The lowest BCUT2D eigenvalue weighted by Gasteiger charge is -2.21. The average molecular weight is 600 g/mol. The quantitative estimate of drug-likeness (QED) is 0.243. The van der Waals surface area contributed by atoms with E-state index in [0.717, 1.165) is 12.1 Å². The minimum Gasteiger partial charge on any atom is -0.482 e. The standard InChI is InChI=1S/C31H29F4N3O5/c1-20-26(36-30(43-20)22-6-8-23(9-7-22)31(33,34)35)16-29(40)38-11-3-10-37(12-13-38)17-25-15-27(39)28(19-41-25)42-18-21-4-2-5-24(32)14-21/h2,4-9,14-15,19H,3,10-13,16-18H2,1H3. The molecule has 1 amide bonds. The number of oxazole rings is 1. The van der Waals surface area contributed by atoms with Crippen molar-refractivity contribution in [3.63, 3.8) is 0 Å². The van der Waals surface area contributed by atoms with Crippen molar-refractivity contribution in [1.29, 1.82) is 0 Å². The molecule has 1 fully saturated rings. The molecule has 0 unspecified atom stereocenters. The van der Waals surface area contributed by atoms with E-state index < -0.39 is 11.7 Å².